The summed E-state index contributed by atoms with van der Waals surface area (Å²) in [5.41, 5.74) is 3.13. The summed E-state index contributed by atoms with van der Waals surface area (Å²) in [6.07, 6.45) is 0. The number of hydrogen-bond acceptors (Lipinski definition) is 3. The maximum atomic E-state index is 12.2. The molecule has 0 aromatic heterocycles. The monoisotopic (exact) mass is 324 g/mol. The van der Waals surface area contributed by atoms with E-state index in [0.717, 1.165) is 22.7 Å². The fraction of sp³-hybridized carbons (Fsp3) is 0.350. The molecule has 0 unspecified atom stereocenters. The zero-order valence-corrected chi connectivity index (χ0v) is 14.6. The van der Waals surface area contributed by atoms with Gasteiger partial charge in [0.2, 0.25) is 5.91 Å². The van der Waals surface area contributed by atoms with Crippen LogP contribution in [-0.2, 0) is 4.79 Å². The van der Waals surface area contributed by atoms with E-state index in [2.05, 4.69) is 31.3 Å². The molecular formula is C20H24N2O2. The summed E-state index contributed by atoms with van der Waals surface area (Å²) >= 11 is 0. The summed E-state index contributed by atoms with van der Waals surface area (Å²) in [4.78, 5) is 14.1. The summed E-state index contributed by atoms with van der Waals surface area (Å²) in [6, 6.07) is 16.3. The lowest BCUT2D eigenvalue weighted by Crippen LogP contribution is -2.48. The molecule has 2 aromatic rings. The number of methoxy groups -OCH3 is 1. The number of anilines is 2. The van der Waals surface area contributed by atoms with E-state index in [0.29, 0.717) is 0 Å². The normalized spacial score (nSPS) is 22.7. The third-order valence-electron chi connectivity index (χ3n) is 4.96. The number of nitrogens with one attached hydrogen (secondary N) is 1. The van der Waals surface area contributed by atoms with Crippen molar-refractivity contribution in [3.8, 4) is 5.75 Å². The molecule has 2 aromatic carbocycles. The Hall–Kier alpha value is -2.49. The topological polar surface area (TPSA) is 41.6 Å². The summed E-state index contributed by atoms with van der Waals surface area (Å²) in [5, 5.41) is 3.63. The molecule has 3 atom stereocenters. The molecule has 1 aliphatic heterocycles. The molecule has 0 fully saturated rings. The fourth-order valence-electron chi connectivity index (χ4n) is 3.52. The van der Waals surface area contributed by atoms with Gasteiger partial charge in [-0.25, -0.2) is 0 Å². The van der Waals surface area contributed by atoms with Crippen molar-refractivity contribution in [1.29, 1.82) is 0 Å². The van der Waals surface area contributed by atoms with Gasteiger partial charge >= 0.3 is 0 Å². The van der Waals surface area contributed by atoms with Gasteiger partial charge in [-0.2, -0.15) is 0 Å². The second kappa shape index (κ2) is 6.56. The van der Waals surface area contributed by atoms with Crippen molar-refractivity contribution in [2.45, 2.75) is 32.9 Å². The Morgan fingerprint density at radius 3 is 2.46 bits per heavy atom. The first-order valence-electron chi connectivity index (χ1n) is 8.32. The van der Waals surface area contributed by atoms with Crippen LogP contribution in [0.3, 0.4) is 0 Å². The maximum Gasteiger partial charge on any atom is 0.224 e. The predicted octanol–water partition coefficient (Wildman–Crippen LogP) is 4.24. The average Bonchev–Trinajstić information content (AvgIpc) is 2.59. The zero-order chi connectivity index (χ0) is 17.3. The molecule has 24 heavy (non-hydrogen) atoms. The lowest BCUT2D eigenvalue weighted by atomic mass is 9.82. The zero-order valence-electron chi connectivity index (χ0n) is 14.6. The van der Waals surface area contributed by atoms with Gasteiger partial charge in [0.25, 0.3) is 0 Å². The van der Waals surface area contributed by atoms with Crippen LogP contribution in [0.2, 0.25) is 0 Å². The first-order chi connectivity index (χ1) is 11.5. The largest absolute Gasteiger partial charge is 0.497 e. The number of hydrogen-bond donors (Lipinski definition) is 1. The number of fused-ring (bicyclic) bond motifs is 1. The van der Waals surface area contributed by atoms with Crippen molar-refractivity contribution in [3.63, 3.8) is 0 Å². The first-order valence-corrected chi connectivity index (χ1v) is 8.32. The highest BCUT2D eigenvalue weighted by Crippen LogP contribution is 2.43. The molecule has 0 saturated carbocycles. The molecule has 3 rings (SSSR count). The van der Waals surface area contributed by atoms with Crippen LogP contribution in [-0.4, -0.2) is 19.1 Å². The Kier molecular flexibility index (Phi) is 4.47. The smallest absolute Gasteiger partial charge is 0.224 e. The number of carbonyl (C=O) groups is 1. The van der Waals surface area contributed by atoms with Crippen LogP contribution in [0.5, 0.6) is 5.75 Å². The predicted molar refractivity (Wildman–Crippen MR) is 97.6 cm³/mol. The number of ether oxygens (including phenoxy) is 1. The highest BCUT2D eigenvalue weighted by Gasteiger charge is 2.38. The van der Waals surface area contributed by atoms with E-state index in [1.54, 1.807) is 14.0 Å². The number of rotatable bonds is 3. The lowest BCUT2D eigenvalue weighted by molar-refractivity contribution is -0.117. The minimum Gasteiger partial charge on any atom is -0.497 e. The van der Waals surface area contributed by atoms with E-state index < -0.39 is 0 Å². The van der Waals surface area contributed by atoms with Crippen LogP contribution in [0.4, 0.5) is 11.4 Å². The molecule has 126 valence electrons. The summed E-state index contributed by atoms with van der Waals surface area (Å²) in [5.74, 6) is 1.13. The molecule has 4 nitrogen and oxygen atoms in total. The maximum absolute atomic E-state index is 12.2. The highest BCUT2D eigenvalue weighted by atomic mass is 16.5. The second-order valence-corrected chi connectivity index (χ2v) is 6.40. The van der Waals surface area contributed by atoms with Crippen LogP contribution in [0, 0.1) is 5.92 Å². The van der Waals surface area contributed by atoms with Crippen LogP contribution in [0.15, 0.2) is 48.5 Å². The van der Waals surface area contributed by atoms with Crippen LogP contribution in [0.1, 0.15) is 32.4 Å². The van der Waals surface area contributed by atoms with E-state index in [-0.39, 0.29) is 23.9 Å². The van der Waals surface area contributed by atoms with Crippen molar-refractivity contribution < 1.29 is 9.53 Å². The van der Waals surface area contributed by atoms with E-state index in [4.69, 9.17) is 4.74 Å². The van der Waals surface area contributed by atoms with Gasteiger partial charge in [0.05, 0.1) is 13.2 Å². The Balaban J connectivity index is 2.08. The van der Waals surface area contributed by atoms with Gasteiger partial charge < -0.3 is 15.0 Å². The Bertz CT molecular complexity index is 730. The van der Waals surface area contributed by atoms with Gasteiger partial charge in [-0.3, -0.25) is 4.79 Å². The molecule has 0 spiro atoms. The van der Waals surface area contributed by atoms with Crippen molar-refractivity contribution >= 4 is 17.3 Å². The summed E-state index contributed by atoms with van der Waals surface area (Å²) in [7, 11) is 1.67. The number of para-hydroxylation sites is 1. The molecule has 0 bridgehead atoms. The third-order valence-corrected chi connectivity index (χ3v) is 4.96. The van der Waals surface area contributed by atoms with Crippen molar-refractivity contribution in [1.82, 2.24) is 0 Å². The quantitative estimate of drug-likeness (QED) is 0.918. The van der Waals surface area contributed by atoms with E-state index in [9.17, 15) is 4.79 Å². The Labute approximate surface area is 143 Å². The standard InChI is InChI=1S/C20H24N2O2/c1-13-14(2)22(15(3)23)19-11-10-17(24-4)12-18(19)20(13)21-16-8-6-5-7-9-16/h5-14,20-21H,1-4H3/t13-,14-,20+/m0/s1. The minimum atomic E-state index is 0.0685. The lowest BCUT2D eigenvalue weighted by Gasteiger charge is -2.44. The fourth-order valence-corrected chi connectivity index (χ4v) is 3.52. The minimum absolute atomic E-state index is 0.0685. The number of nitrogens with zero attached hydrogens (tertiary/aromatic N) is 1. The molecular weight excluding hydrogens is 300 g/mol. The van der Waals surface area contributed by atoms with Crippen molar-refractivity contribution in [2.24, 2.45) is 5.92 Å². The van der Waals surface area contributed by atoms with E-state index in [1.807, 2.05) is 41.3 Å². The summed E-state index contributed by atoms with van der Waals surface area (Å²) in [6.45, 7) is 5.92. The van der Waals surface area contributed by atoms with Gasteiger partial charge in [-0.15, -0.1) is 0 Å². The van der Waals surface area contributed by atoms with Crippen LogP contribution >= 0.6 is 0 Å². The van der Waals surface area contributed by atoms with Gasteiger partial charge in [0.1, 0.15) is 5.75 Å². The summed E-state index contributed by atoms with van der Waals surface area (Å²) < 4.78 is 5.41. The molecule has 0 aliphatic carbocycles. The molecule has 0 saturated heterocycles. The molecule has 4 heteroatoms. The second-order valence-electron chi connectivity index (χ2n) is 6.40. The number of carbonyl (C=O) groups excluding carboxylic acids is 1. The van der Waals surface area contributed by atoms with Gasteiger partial charge in [-0.1, -0.05) is 25.1 Å². The number of amides is 1. The third kappa shape index (κ3) is 2.84. The first kappa shape index (κ1) is 16.4. The molecule has 1 heterocycles. The SMILES string of the molecule is COc1ccc2c(c1)[C@H](Nc1ccccc1)[C@@H](C)[C@H](C)N2C(C)=O. The van der Waals surface area contributed by atoms with Crippen molar-refractivity contribution in [3.05, 3.63) is 54.1 Å². The van der Waals surface area contributed by atoms with Crippen molar-refractivity contribution in [2.75, 3.05) is 17.3 Å². The molecule has 1 aliphatic rings. The molecule has 1 amide bonds. The van der Waals surface area contributed by atoms with E-state index >= 15 is 0 Å². The highest BCUT2D eigenvalue weighted by molar-refractivity contribution is 5.94. The average molecular weight is 324 g/mol. The van der Waals surface area contributed by atoms with Gasteiger partial charge in [-0.05, 0) is 37.3 Å². The van der Waals surface area contributed by atoms with Crippen LogP contribution in [0.25, 0.3) is 0 Å². The van der Waals surface area contributed by atoms with Gasteiger partial charge in [0, 0.05) is 35.8 Å². The van der Waals surface area contributed by atoms with Gasteiger partial charge in [0.15, 0.2) is 0 Å². The Morgan fingerprint density at radius 2 is 1.83 bits per heavy atom. The number of benzene rings is 2. The Morgan fingerprint density at radius 1 is 1.12 bits per heavy atom. The van der Waals surface area contributed by atoms with Crippen LogP contribution < -0.4 is 15.0 Å². The van der Waals surface area contributed by atoms with E-state index in [1.165, 1.54) is 0 Å². The molecule has 1 N–H and O–H groups in total. The molecule has 0 radical (unpaired) electrons.